The summed E-state index contributed by atoms with van der Waals surface area (Å²) in [7, 11) is 0. The van der Waals surface area contributed by atoms with Gasteiger partial charge in [-0.15, -0.1) is 12.4 Å². The molecule has 2 aliphatic rings. The molecule has 0 aromatic heterocycles. The van der Waals surface area contributed by atoms with Gasteiger partial charge in [0.15, 0.2) is 0 Å². The van der Waals surface area contributed by atoms with Crippen LogP contribution < -0.4 is 0 Å². The van der Waals surface area contributed by atoms with Crippen molar-refractivity contribution in [3.05, 3.63) is 0 Å². The molecule has 2 fully saturated rings. The van der Waals surface area contributed by atoms with Crippen LogP contribution in [-0.2, 0) is 0 Å². The number of aliphatic hydroxyl groups excluding tert-OH is 1. The van der Waals surface area contributed by atoms with Crippen molar-refractivity contribution in [1.29, 1.82) is 0 Å². The van der Waals surface area contributed by atoms with E-state index in [1.165, 1.54) is 25.7 Å². The average Bonchev–Trinajstić information content (AvgIpc) is 2.55. The summed E-state index contributed by atoms with van der Waals surface area (Å²) < 4.78 is 0. The van der Waals surface area contributed by atoms with Crippen LogP contribution >= 0.6 is 12.4 Å². The van der Waals surface area contributed by atoms with Gasteiger partial charge in [-0.25, -0.2) is 0 Å². The maximum atomic E-state index is 9.32. The van der Waals surface area contributed by atoms with Crippen molar-refractivity contribution in [2.75, 3.05) is 13.1 Å². The molecule has 0 radical (unpaired) electrons. The van der Waals surface area contributed by atoms with Crippen molar-refractivity contribution >= 4 is 12.4 Å². The van der Waals surface area contributed by atoms with Gasteiger partial charge >= 0.3 is 0 Å². The van der Waals surface area contributed by atoms with E-state index in [0.717, 1.165) is 25.6 Å². The summed E-state index contributed by atoms with van der Waals surface area (Å²) in [6.07, 6.45) is 6.50. The zero-order chi connectivity index (χ0) is 7.68. The molecule has 0 aromatic carbocycles. The molecule has 1 N–H and O–H groups in total. The summed E-state index contributed by atoms with van der Waals surface area (Å²) in [5, 5.41) is 9.32. The van der Waals surface area contributed by atoms with E-state index in [-0.39, 0.29) is 18.5 Å². The van der Waals surface area contributed by atoms with E-state index in [9.17, 15) is 5.11 Å². The Kier molecular flexibility index (Phi) is 3.81. The molecule has 2 rings (SSSR count). The fraction of sp³-hybridized carbons (Fsp3) is 1.00. The predicted molar refractivity (Wildman–Crippen MR) is 51.7 cm³/mol. The average molecular weight is 192 g/mol. The number of rotatable bonds is 1. The topological polar surface area (TPSA) is 23.5 Å². The minimum absolute atomic E-state index is 0. The number of β-amino-alcohol motifs (C(OH)–C–C–N with tert-alkyl or cyclic N) is 1. The van der Waals surface area contributed by atoms with Gasteiger partial charge in [-0.3, -0.25) is 4.90 Å². The Labute approximate surface area is 80.4 Å². The number of hydrogen-bond donors (Lipinski definition) is 1. The zero-order valence-electron chi connectivity index (χ0n) is 7.41. The molecule has 1 atom stereocenters. The molecule has 1 saturated heterocycles. The highest BCUT2D eigenvalue weighted by Gasteiger charge is 2.28. The summed E-state index contributed by atoms with van der Waals surface area (Å²) in [5.41, 5.74) is 0. The van der Waals surface area contributed by atoms with Gasteiger partial charge in [-0.2, -0.15) is 0 Å². The zero-order valence-corrected chi connectivity index (χ0v) is 8.22. The molecule has 0 bridgehead atoms. The first-order valence-corrected chi connectivity index (χ1v) is 4.78. The molecule has 12 heavy (non-hydrogen) atoms. The Hall–Kier alpha value is 0.210. The summed E-state index contributed by atoms with van der Waals surface area (Å²) in [4.78, 5) is 2.47. The van der Waals surface area contributed by atoms with Gasteiger partial charge in [0.2, 0.25) is 0 Å². The molecule has 1 aliphatic heterocycles. The molecule has 0 unspecified atom stereocenters. The number of nitrogens with zero attached hydrogens (tertiary/aromatic N) is 1. The van der Waals surface area contributed by atoms with Gasteiger partial charge < -0.3 is 5.11 Å². The SMILES string of the molecule is Cl.O[C@H]1CCN(C2CCCC2)C1. The first-order valence-electron chi connectivity index (χ1n) is 4.78. The monoisotopic (exact) mass is 191 g/mol. The van der Waals surface area contributed by atoms with Gasteiger partial charge in [0.05, 0.1) is 6.10 Å². The lowest BCUT2D eigenvalue weighted by Gasteiger charge is -2.22. The van der Waals surface area contributed by atoms with Gasteiger partial charge in [0.1, 0.15) is 0 Å². The minimum atomic E-state index is -0.0319. The predicted octanol–water partition coefficient (Wildman–Crippen LogP) is 1.42. The lowest BCUT2D eigenvalue weighted by atomic mass is 10.2. The first-order chi connectivity index (χ1) is 5.36. The molecular formula is C9H18ClNO. The molecule has 2 nitrogen and oxygen atoms in total. The fourth-order valence-electron chi connectivity index (χ4n) is 2.37. The highest BCUT2D eigenvalue weighted by Crippen LogP contribution is 2.26. The van der Waals surface area contributed by atoms with Crippen LogP contribution in [-0.4, -0.2) is 35.2 Å². The smallest absolute Gasteiger partial charge is 0.0679 e. The molecule has 1 aliphatic carbocycles. The van der Waals surface area contributed by atoms with Crippen LogP contribution in [0.15, 0.2) is 0 Å². The lowest BCUT2D eigenvalue weighted by molar-refractivity contribution is 0.160. The van der Waals surface area contributed by atoms with Crippen molar-refractivity contribution in [2.24, 2.45) is 0 Å². The van der Waals surface area contributed by atoms with Crippen LogP contribution in [0.1, 0.15) is 32.1 Å². The van der Waals surface area contributed by atoms with Gasteiger partial charge in [-0.1, -0.05) is 12.8 Å². The van der Waals surface area contributed by atoms with Crippen LogP contribution in [0.5, 0.6) is 0 Å². The summed E-state index contributed by atoms with van der Waals surface area (Å²) >= 11 is 0. The van der Waals surface area contributed by atoms with Crippen molar-refractivity contribution in [1.82, 2.24) is 4.90 Å². The minimum Gasteiger partial charge on any atom is -0.392 e. The van der Waals surface area contributed by atoms with Crippen LogP contribution in [0.2, 0.25) is 0 Å². The molecule has 1 saturated carbocycles. The highest BCUT2D eigenvalue weighted by atomic mass is 35.5. The quantitative estimate of drug-likeness (QED) is 0.678. The number of likely N-dealkylation sites (tertiary alicyclic amines) is 1. The normalized spacial score (nSPS) is 32.2. The van der Waals surface area contributed by atoms with Crippen molar-refractivity contribution < 1.29 is 5.11 Å². The summed E-state index contributed by atoms with van der Waals surface area (Å²) in [6, 6.07) is 0.812. The maximum absolute atomic E-state index is 9.32. The lowest BCUT2D eigenvalue weighted by Crippen LogP contribution is -2.31. The largest absolute Gasteiger partial charge is 0.392 e. The molecular weight excluding hydrogens is 174 g/mol. The Morgan fingerprint density at radius 3 is 2.25 bits per heavy atom. The summed E-state index contributed by atoms with van der Waals surface area (Å²) in [5.74, 6) is 0. The molecule has 72 valence electrons. The Morgan fingerprint density at radius 2 is 1.75 bits per heavy atom. The molecule has 3 heteroatoms. The Morgan fingerprint density at radius 1 is 1.08 bits per heavy atom. The van der Waals surface area contributed by atoms with E-state index in [1.807, 2.05) is 0 Å². The standard InChI is InChI=1S/C9H17NO.ClH/c11-9-5-6-10(7-9)8-3-1-2-4-8;/h8-9,11H,1-7H2;1H/t9-;/m0./s1. The highest BCUT2D eigenvalue weighted by molar-refractivity contribution is 5.85. The first kappa shape index (κ1) is 10.3. The third kappa shape index (κ3) is 2.12. The van der Waals surface area contributed by atoms with Crippen LogP contribution in [0, 0.1) is 0 Å². The van der Waals surface area contributed by atoms with Gasteiger partial charge in [-0.05, 0) is 19.3 Å². The maximum Gasteiger partial charge on any atom is 0.0679 e. The van der Waals surface area contributed by atoms with Crippen LogP contribution in [0.3, 0.4) is 0 Å². The van der Waals surface area contributed by atoms with E-state index in [2.05, 4.69) is 4.90 Å². The van der Waals surface area contributed by atoms with E-state index >= 15 is 0 Å². The molecule has 0 spiro atoms. The fourth-order valence-corrected chi connectivity index (χ4v) is 2.37. The van der Waals surface area contributed by atoms with Crippen LogP contribution in [0.4, 0.5) is 0 Å². The second-order valence-electron chi connectivity index (χ2n) is 3.88. The van der Waals surface area contributed by atoms with E-state index < -0.39 is 0 Å². The van der Waals surface area contributed by atoms with Crippen molar-refractivity contribution in [3.63, 3.8) is 0 Å². The Bertz CT molecular complexity index is 136. The molecule has 1 heterocycles. The van der Waals surface area contributed by atoms with Crippen LogP contribution in [0.25, 0.3) is 0 Å². The number of hydrogen-bond acceptors (Lipinski definition) is 2. The molecule has 0 aromatic rings. The molecule has 0 amide bonds. The number of aliphatic hydroxyl groups is 1. The second kappa shape index (κ2) is 4.45. The van der Waals surface area contributed by atoms with Gasteiger partial charge in [0, 0.05) is 19.1 Å². The van der Waals surface area contributed by atoms with E-state index in [1.54, 1.807) is 0 Å². The van der Waals surface area contributed by atoms with E-state index in [0.29, 0.717) is 0 Å². The second-order valence-corrected chi connectivity index (χ2v) is 3.88. The van der Waals surface area contributed by atoms with Crippen molar-refractivity contribution in [2.45, 2.75) is 44.2 Å². The van der Waals surface area contributed by atoms with Crippen molar-refractivity contribution in [3.8, 4) is 0 Å². The third-order valence-corrected chi connectivity index (χ3v) is 3.04. The Balaban J connectivity index is 0.000000720. The van der Waals surface area contributed by atoms with E-state index in [4.69, 9.17) is 0 Å². The number of halogens is 1. The summed E-state index contributed by atoms with van der Waals surface area (Å²) in [6.45, 7) is 2.07. The third-order valence-electron chi connectivity index (χ3n) is 3.04. The van der Waals surface area contributed by atoms with Gasteiger partial charge in [0.25, 0.3) is 0 Å².